The average molecular weight is 544 g/mol. The van der Waals surface area contributed by atoms with Crippen molar-refractivity contribution in [1.29, 1.82) is 0 Å². The molecule has 1 heterocycles. The number of carbonyl (C=O) groups is 3. The molecule has 0 spiro atoms. The number of nitrogens with zero attached hydrogens (tertiary/aromatic N) is 1. The molecule has 8 heteroatoms. The molecule has 1 unspecified atom stereocenters. The molecule has 8 nitrogen and oxygen atoms in total. The van der Waals surface area contributed by atoms with E-state index in [1.165, 1.54) is 0 Å². The van der Waals surface area contributed by atoms with Gasteiger partial charge < -0.3 is 19.5 Å². The van der Waals surface area contributed by atoms with Gasteiger partial charge in [-0.3, -0.25) is 0 Å². The minimum atomic E-state index is -0.984. The standard InChI is InChI=1S/C32H34N2O6/c1-32(2,3)40-29(35)20-34-19-25(26-16-10-11-17-28(26)34)18-27(30(36)38-21-23-12-6-4-7-13-23)33-31(37)39-22-24-14-8-5-9-15-24/h4-17,19,25,27H,18,20-22H2,1-3H3/p+1/t25?,27-/m0/s1. The summed E-state index contributed by atoms with van der Waals surface area (Å²) in [7, 11) is 0. The van der Waals surface area contributed by atoms with Gasteiger partial charge in [-0.2, -0.15) is 4.58 Å². The van der Waals surface area contributed by atoms with Gasteiger partial charge in [0.2, 0.25) is 12.2 Å². The van der Waals surface area contributed by atoms with E-state index in [2.05, 4.69) is 5.32 Å². The highest BCUT2D eigenvalue weighted by molar-refractivity contribution is 5.83. The second kappa shape index (κ2) is 13.1. The van der Waals surface area contributed by atoms with Crippen molar-refractivity contribution < 1.29 is 33.2 Å². The summed E-state index contributed by atoms with van der Waals surface area (Å²) in [4.78, 5) is 38.6. The van der Waals surface area contributed by atoms with Crippen LogP contribution in [0, 0.1) is 0 Å². The predicted molar refractivity (Wildman–Crippen MR) is 150 cm³/mol. The SMILES string of the molecule is CC(C)(C)OC(=O)C[N+]1=CC(C[C@H](NC(=O)OCc2ccccc2)C(=O)OCc2ccccc2)c2ccccc21. The van der Waals surface area contributed by atoms with Crippen LogP contribution in [0.4, 0.5) is 10.5 Å². The van der Waals surface area contributed by atoms with Crippen LogP contribution in [0.3, 0.4) is 0 Å². The first-order valence-electron chi connectivity index (χ1n) is 13.3. The van der Waals surface area contributed by atoms with Crippen LogP contribution in [-0.4, -0.2) is 47.0 Å². The summed E-state index contributed by atoms with van der Waals surface area (Å²) in [5, 5.41) is 2.70. The smallest absolute Gasteiger partial charge is 0.408 e. The van der Waals surface area contributed by atoms with Crippen LogP contribution in [0.15, 0.2) is 84.9 Å². The summed E-state index contributed by atoms with van der Waals surface area (Å²) in [5.41, 5.74) is 2.85. The number of ether oxygens (including phenoxy) is 3. The lowest BCUT2D eigenvalue weighted by molar-refractivity contribution is -0.424. The predicted octanol–water partition coefficient (Wildman–Crippen LogP) is 5.27. The fraction of sp³-hybridized carbons (Fsp3) is 0.312. The average Bonchev–Trinajstić information content (AvgIpc) is 3.27. The molecule has 0 aliphatic carbocycles. The third-order valence-corrected chi connectivity index (χ3v) is 6.23. The van der Waals surface area contributed by atoms with E-state index < -0.39 is 23.7 Å². The molecule has 3 aromatic rings. The van der Waals surface area contributed by atoms with E-state index in [1.54, 1.807) is 0 Å². The van der Waals surface area contributed by atoms with E-state index in [0.717, 1.165) is 22.4 Å². The Bertz CT molecular complexity index is 1350. The van der Waals surface area contributed by atoms with Crippen LogP contribution in [-0.2, 0) is 37.0 Å². The molecule has 208 valence electrons. The minimum Gasteiger partial charge on any atom is -0.459 e. The Morgan fingerprint density at radius 1 is 0.825 bits per heavy atom. The lowest BCUT2D eigenvalue weighted by atomic mass is 9.94. The van der Waals surface area contributed by atoms with Crippen LogP contribution < -0.4 is 5.32 Å². The topological polar surface area (TPSA) is 93.9 Å². The summed E-state index contributed by atoms with van der Waals surface area (Å²) < 4.78 is 18.3. The first-order valence-corrected chi connectivity index (χ1v) is 13.3. The molecular formula is C32H35N2O6+. The molecule has 0 bridgehead atoms. The van der Waals surface area contributed by atoms with E-state index in [9.17, 15) is 14.4 Å². The molecule has 0 fully saturated rings. The van der Waals surface area contributed by atoms with Crippen LogP contribution >= 0.6 is 0 Å². The van der Waals surface area contributed by atoms with E-state index in [-0.39, 0.29) is 38.1 Å². The maximum absolute atomic E-state index is 13.2. The first-order chi connectivity index (χ1) is 19.2. The fourth-order valence-corrected chi connectivity index (χ4v) is 4.48. The lowest BCUT2D eigenvalue weighted by Gasteiger charge is -2.19. The highest BCUT2D eigenvalue weighted by Crippen LogP contribution is 2.34. The zero-order valence-electron chi connectivity index (χ0n) is 23.0. The molecule has 4 rings (SSSR count). The van der Waals surface area contributed by atoms with Crippen LogP contribution in [0.2, 0.25) is 0 Å². The maximum atomic E-state index is 13.2. The zero-order valence-corrected chi connectivity index (χ0v) is 23.0. The molecule has 40 heavy (non-hydrogen) atoms. The summed E-state index contributed by atoms with van der Waals surface area (Å²) in [5.74, 6) is -1.19. The van der Waals surface area contributed by atoms with E-state index in [0.29, 0.717) is 0 Å². The van der Waals surface area contributed by atoms with Gasteiger partial charge in [0.05, 0.1) is 5.92 Å². The number of hydrogen-bond acceptors (Lipinski definition) is 6. The van der Waals surface area contributed by atoms with Crippen molar-refractivity contribution in [3.05, 3.63) is 102 Å². The second-order valence-corrected chi connectivity index (χ2v) is 10.6. The van der Waals surface area contributed by atoms with Gasteiger partial charge in [0, 0.05) is 11.6 Å². The van der Waals surface area contributed by atoms with Crippen molar-refractivity contribution in [3.8, 4) is 0 Å². The summed E-state index contributed by atoms with van der Waals surface area (Å²) in [6, 6.07) is 25.3. The van der Waals surface area contributed by atoms with Gasteiger partial charge in [-0.1, -0.05) is 78.9 Å². The van der Waals surface area contributed by atoms with Crippen molar-refractivity contribution in [1.82, 2.24) is 5.32 Å². The van der Waals surface area contributed by atoms with Gasteiger partial charge in [0.25, 0.3) is 0 Å². The normalized spacial score (nSPS) is 14.9. The molecule has 1 aliphatic heterocycles. The Morgan fingerprint density at radius 2 is 1.40 bits per heavy atom. The molecule has 0 aromatic heterocycles. The monoisotopic (exact) mass is 543 g/mol. The Balaban J connectivity index is 1.49. The molecule has 3 aromatic carbocycles. The summed E-state index contributed by atoms with van der Waals surface area (Å²) >= 11 is 0. The number of amides is 1. The number of benzene rings is 3. The Morgan fingerprint density at radius 3 is 2.02 bits per heavy atom. The van der Waals surface area contributed by atoms with Gasteiger partial charge in [0.1, 0.15) is 24.9 Å². The molecule has 1 amide bonds. The van der Waals surface area contributed by atoms with Crippen LogP contribution in [0.25, 0.3) is 0 Å². The van der Waals surface area contributed by atoms with Gasteiger partial charge in [-0.15, -0.1) is 0 Å². The van der Waals surface area contributed by atoms with Gasteiger partial charge in [-0.25, -0.2) is 14.4 Å². The van der Waals surface area contributed by atoms with Crippen molar-refractivity contribution in [2.75, 3.05) is 6.54 Å². The summed E-state index contributed by atoms with van der Waals surface area (Å²) in [6.45, 7) is 5.64. The van der Waals surface area contributed by atoms with E-state index in [4.69, 9.17) is 14.2 Å². The van der Waals surface area contributed by atoms with Crippen molar-refractivity contribution in [2.45, 2.75) is 58.0 Å². The third-order valence-electron chi connectivity index (χ3n) is 6.23. The van der Waals surface area contributed by atoms with E-state index >= 15 is 0 Å². The fourth-order valence-electron chi connectivity index (χ4n) is 4.48. The highest BCUT2D eigenvalue weighted by atomic mass is 16.6. The number of esters is 2. The van der Waals surface area contributed by atoms with Crippen molar-refractivity contribution >= 4 is 29.9 Å². The molecular weight excluding hydrogens is 508 g/mol. The number of nitrogens with one attached hydrogen (secondary N) is 1. The van der Waals surface area contributed by atoms with Crippen molar-refractivity contribution in [2.24, 2.45) is 0 Å². The number of hydrogen-bond donors (Lipinski definition) is 1. The largest absolute Gasteiger partial charge is 0.459 e. The Kier molecular flexibility index (Phi) is 9.32. The number of alkyl carbamates (subject to hydrolysis) is 1. The number of carbonyl (C=O) groups excluding carboxylic acids is 3. The van der Waals surface area contributed by atoms with Gasteiger partial charge in [0.15, 0.2) is 6.21 Å². The quantitative estimate of drug-likeness (QED) is 0.213. The Hall–Kier alpha value is -4.46. The number of rotatable bonds is 10. The maximum Gasteiger partial charge on any atom is 0.408 e. The number of para-hydroxylation sites is 1. The minimum absolute atomic E-state index is 0.0282. The highest BCUT2D eigenvalue weighted by Gasteiger charge is 2.37. The zero-order chi connectivity index (χ0) is 28.5. The summed E-state index contributed by atoms with van der Waals surface area (Å²) in [6.07, 6.45) is 1.39. The molecule has 2 atom stereocenters. The van der Waals surface area contributed by atoms with Gasteiger partial charge >= 0.3 is 18.0 Å². The lowest BCUT2D eigenvalue weighted by Crippen LogP contribution is -2.43. The van der Waals surface area contributed by atoms with Crippen LogP contribution in [0.5, 0.6) is 0 Å². The molecule has 0 radical (unpaired) electrons. The second-order valence-electron chi connectivity index (χ2n) is 10.6. The first kappa shape index (κ1) is 28.5. The third kappa shape index (κ3) is 8.27. The molecule has 0 saturated heterocycles. The molecule has 0 saturated carbocycles. The van der Waals surface area contributed by atoms with E-state index in [1.807, 2.05) is 116 Å². The number of fused-ring (bicyclic) bond motifs is 1. The Labute approximate surface area is 234 Å². The van der Waals surface area contributed by atoms with Crippen molar-refractivity contribution in [3.63, 3.8) is 0 Å². The molecule has 1 N–H and O–H groups in total. The molecule has 1 aliphatic rings. The van der Waals surface area contributed by atoms with Crippen LogP contribution in [0.1, 0.15) is 49.8 Å². The van der Waals surface area contributed by atoms with Gasteiger partial charge in [-0.05, 0) is 38.3 Å².